The Balaban J connectivity index is 1.52. The molecule has 29 heavy (non-hydrogen) atoms. The van der Waals surface area contributed by atoms with Crippen molar-refractivity contribution >= 4 is 34.8 Å². The third-order valence-corrected chi connectivity index (χ3v) is 4.34. The molecule has 3 aromatic carbocycles. The summed E-state index contributed by atoms with van der Waals surface area (Å²) in [6, 6.07) is 26.1. The van der Waals surface area contributed by atoms with E-state index in [9.17, 15) is 9.59 Å². The van der Waals surface area contributed by atoms with Crippen molar-refractivity contribution in [2.75, 3.05) is 5.32 Å². The lowest BCUT2D eigenvalue weighted by molar-refractivity contribution is -0.119. The number of rotatable bonds is 6. The molecule has 0 saturated carbocycles. The van der Waals surface area contributed by atoms with Crippen LogP contribution in [0.3, 0.4) is 0 Å². The van der Waals surface area contributed by atoms with Crippen LogP contribution in [-0.4, -0.2) is 16.9 Å². The molecule has 0 heterocycles. The number of carbonyl (C=O) groups excluding carboxylic acids is 2. The molecule has 3 rings (SSSR count). The van der Waals surface area contributed by atoms with Crippen molar-refractivity contribution < 1.29 is 9.59 Å². The molecule has 0 bridgehead atoms. The second-order valence-corrected chi connectivity index (χ2v) is 6.82. The first kappa shape index (κ1) is 20.2. The van der Waals surface area contributed by atoms with Gasteiger partial charge in [0.25, 0.3) is 5.91 Å². The quantitative estimate of drug-likeness (QED) is 0.549. The van der Waals surface area contributed by atoms with Crippen LogP contribution < -0.4 is 16.0 Å². The van der Waals surface area contributed by atoms with Gasteiger partial charge in [-0.15, -0.1) is 0 Å². The maximum atomic E-state index is 12.4. The Morgan fingerprint density at radius 1 is 0.793 bits per heavy atom. The van der Waals surface area contributed by atoms with E-state index < -0.39 is 0 Å². The summed E-state index contributed by atoms with van der Waals surface area (Å²) in [5, 5.41) is 8.67. The molecule has 0 atom stereocenters. The van der Waals surface area contributed by atoms with Gasteiger partial charge in [-0.3, -0.25) is 9.59 Å². The van der Waals surface area contributed by atoms with E-state index in [4.69, 9.17) is 12.2 Å². The molecular formula is C23H21N3O2S. The molecule has 3 N–H and O–H groups in total. The Morgan fingerprint density at radius 2 is 1.45 bits per heavy atom. The summed E-state index contributed by atoms with van der Waals surface area (Å²) in [5.41, 5.74) is 3.06. The highest BCUT2D eigenvalue weighted by molar-refractivity contribution is 7.80. The third-order valence-electron chi connectivity index (χ3n) is 4.14. The molecule has 146 valence electrons. The van der Waals surface area contributed by atoms with Gasteiger partial charge in [0.2, 0.25) is 5.91 Å². The number of carbonyl (C=O) groups is 2. The number of nitrogens with one attached hydrogen (secondary N) is 3. The lowest BCUT2D eigenvalue weighted by Gasteiger charge is -2.11. The van der Waals surface area contributed by atoms with Crippen molar-refractivity contribution in [3.8, 4) is 0 Å². The topological polar surface area (TPSA) is 70.2 Å². The molecular weight excluding hydrogens is 382 g/mol. The largest absolute Gasteiger partial charge is 0.348 e. The zero-order chi connectivity index (χ0) is 20.5. The number of benzene rings is 3. The minimum Gasteiger partial charge on any atom is -0.348 e. The van der Waals surface area contributed by atoms with Crippen LogP contribution in [0.25, 0.3) is 0 Å². The first-order valence-electron chi connectivity index (χ1n) is 9.17. The summed E-state index contributed by atoms with van der Waals surface area (Å²) in [4.78, 5) is 24.5. The third kappa shape index (κ3) is 6.55. The second-order valence-electron chi connectivity index (χ2n) is 6.41. The van der Waals surface area contributed by atoms with Crippen LogP contribution in [0.15, 0.2) is 84.9 Å². The van der Waals surface area contributed by atoms with E-state index in [0.29, 0.717) is 17.8 Å². The minimum atomic E-state index is -0.203. The molecule has 0 aromatic heterocycles. The average Bonchev–Trinajstić information content (AvgIpc) is 2.73. The summed E-state index contributed by atoms with van der Waals surface area (Å²) in [5.74, 6) is -0.387. The van der Waals surface area contributed by atoms with Crippen molar-refractivity contribution in [1.82, 2.24) is 10.6 Å². The molecule has 0 aliphatic rings. The van der Waals surface area contributed by atoms with Crippen LogP contribution in [-0.2, 0) is 17.8 Å². The zero-order valence-electron chi connectivity index (χ0n) is 15.7. The van der Waals surface area contributed by atoms with Gasteiger partial charge in [-0.1, -0.05) is 66.7 Å². The van der Waals surface area contributed by atoms with E-state index in [1.165, 1.54) is 0 Å². The first-order chi connectivity index (χ1) is 14.1. The Labute approximate surface area is 175 Å². The minimum absolute atomic E-state index is 0.184. The van der Waals surface area contributed by atoms with Crippen molar-refractivity contribution in [2.24, 2.45) is 0 Å². The van der Waals surface area contributed by atoms with Gasteiger partial charge in [-0.2, -0.15) is 0 Å². The molecule has 0 radical (unpaired) electrons. The van der Waals surface area contributed by atoms with E-state index in [-0.39, 0.29) is 23.3 Å². The Hall–Kier alpha value is -3.51. The maximum Gasteiger partial charge on any atom is 0.251 e. The van der Waals surface area contributed by atoms with E-state index in [0.717, 1.165) is 11.1 Å². The van der Waals surface area contributed by atoms with Gasteiger partial charge in [0.1, 0.15) is 0 Å². The zero-order valence-corrected chi connectivity index (χ0v) is 16.5. The van der Waals surface area contributed by atoms with Gasteiger partial charge in [0.15, 0.2) is 5.11 Å². The van der Waals surface area contributed by atoms with E-state index >= 15 is 0 Å². The van der Waals surface area contributed by atoms with Crippen molar-refractivity contribution in [3.63, 3.8) is 0 Å². The van der Waals surface area contributed by atoms with E-state index in [1.54, 1.807) is 24.3 Å². The summed E-state index contributed by atoms with van der Waals surface area (Å²) >= 11 is 5.21. The van der Waals surface area contributed by atoms with Gasteiger partial charge in [0, 0.05) is 17.8 Å². The maximum absolute atomic E-state index is 12.4. The highest BCUT2D eigenvalue weighted by Gasteiger charge is 2.09. The molecule has 0 saturated heterocycles. The normalized spacial score (nSPS) is 10.1. The molecule has 3 aromatic rings. The number of thiocarbonyl (C=S) groups is 1. The first-order valence-corrected chi connectivity index (χ1v) is 9.58. The molecule has 0 fully saturated rings. The summed E-state index contributed by atoms with van der Waals surface area (Å²) in [7, 11) is 0. The van der Waals surface area contributed by atoms with Crippen molar-refractivity contribution in [1.29, 1.82) is 0 Å². The molecule has 0 aliphatic carbocycles. The van der Waals surface area contributed by atoms with Crippen LogP contribution in [0.1, 0.15) is 21.5 Å². The van der Waals surface area contributed by atoms with Gasteiger partial charge in [-0.25, -0.2) is 0 Å². The van der Waals surface area contributed by atoms with Gasteiger partial charge >= 0.3 is 0 Å². The smallest absolute Gasteiger partial charge is 0.251 e. The highest BCUT2D eigenvalue weighted by atomic mass is 32.1. The number of amides is 2. The van der Waals surface area contributed by atoms with E-state index in [2.05, 4.69) is 16.0 Å². The van der Waals surface area contributed by atoms with Crippen LogP contribution in [0, 0.1) is 0 Å². The van der Waals surface area contributed by atoms with E-state index in [1.807, 2.05) is 60.7 Å². The molecule has 5 nitrogen and oxygen atoms in total. The van der Waals surface area contributed by atoms with Gasteiger partial charge < -0.3 is 16.0 Å². The Kier molecular flexibility index (Phi) is 7.08. The number of hydrogen-bond acceptors (Lipinski definition) is 3. The lowest BCUT2D eigenvalue weighted by atomic mass is 10.1. The fourth-order valence-corrected chi connectivity index (χ4v) is 2.96. The fraction of sp³-hybridized carbons (Fsp3) is 0.0870. The van der Waals surface area contributed by atoms with Crippen molar-refractivity contribution in [3.05, 3.63) is 102 Å². The number of hydrogen-bond donors (Lipinski definition) is 3. The monoisotopic (exact) mass is 403 g/mol. The van der Waals surface area contributed by atoms with Crippen LogP contribution in [0.2, 0.25) is 0 Å². The lowest BCUT2D eigenvalue weighted by Crippen LogP contribution is -2.35. The van der Waals surface area contributed by atoms with Crippen LogP contribution >= 0.6 is 12.2 Å². The second kappa shape index (κ2) is 10.1. The molecule has 0 spiro atoms. The van der Waals surface area contributed by atoms with Crippen molar-refractivity contribution in [2.45, 2.75) is 13.0 Å². The predicted molar refractivity (Wildman–Crippen MR) is 119 cm³/mol. The van der Waals surface area contributed by atoms with Crippen LogP contribution in [0.5, 0.6) is 0 Å². The highest BCUT2D eigenvalue weighted by Crippen LogP contribution is 2.11. The molecule has 0 unspecified atom stereocenters. The summed E-state index contributed by atoms with van der Waals surface area (Å²) in [6.45, 7) is 0.450. The number of anilines is 1. The predicted octanol–water partition coefficient (Wildman–Crippen LogP) is 3.67. The van der Waals surface area contributed by atoms with Crippen LogP contribution in [0.4, 0.5) is 5.69 Å². The van der Waals surface area contributed by atoms with Gasteiger partial charge in [-0.05, 0) is 41.5 Å². The Bertz CT molecular complexity index is 991. The standard InChI is InChI=1S/C23H21N3O2S/c27-21(14-17-8-3-1-4-9-17)26-23(29)25-20-13-7-12-19(15-20)22(28)24-16-18-10-5-2-6-11-18/h1-13,15H,14,16H2,(H,24,28)(H2,25,26,27,29). The molecule has 0 aliphatic heterocycles. The molecule has 6 heteroatoms. The summed E-state index contributed by atoms with van der Waals surface area (Å²) in [6.07, 6.45) is 0.241. The molecule has 2 amide bonds. The van der Waals surface area contributed by atoms with Gasteiger partial charge in [0.05, 0.1) is 6.42 Å². The average molecular weight is 404 g/mol. The fourth-order valence-electron chi connectivity index (χ4n) is 2.73. The summed E-state index contributed by atoms with van der Waals surface area (Å²) < 4.78 is 0. The Morgan fingerprint density at radius 3 is 2.14 bits per heavy atom. The SMILES string of the molecule is O=C(Cc1ccccc1)NC(=S)Nc1cccc(C(=O)NCc2ccccc2)c1.